The van der Waals surface area contributed by atoms with E-state index in [2.05, 4.69) is 54.3 Å². The Bertz CT molecular complexity index is 362. The molecule has 0 atom stereocenters. The van der Waals surface area contributed by atoms with Crippen LogP contribution in [0.15, 0.2) is 12.5 Å². The van der Waals surface area contributed by atoms with Crippen LogP contribution in [0, 0.1) is 0 Å². The summed E-state index contributed by atoms with van der Waals surface area (Å²) in [6, 6.07) is 0. The van der Waals surface area contributed by atoms with E-state index in [1.165, 1.54) is 0 Å². The van der Waals surface area contributed by atoms with Crippen LogP contribution in [0.2, 0.25) is 0 Å². The topological polar surface area (TPSA) is 41.1 Å². The Morgan fingerprint density at radius 3 is 2.72 bits per heavy atom. The molecular weight excluding hydrogens is 244 g/mol. The lowest BCUT2D eigenvalue weighted by Gasteiger charge is -2.24. The van der Waals surface area contributed by atoms with E-state index in [0.29, 0.717) is 0 Å². The number of nitrogens with one attached hydrogen (secondary N) is 1. The van der Waals surface area contributed by atoms with Gasteiger partial charge < -0.3 is 10.2 Å². The maximum atomic E-state index is 4.40. The van der Waals surface area contributed by atoms with Gasteiger partial charge in [-0.05, 0) is 27.0 Å². The predicted molar refractivity (Wildman–Crippen MR) is 80.3 cm³/mol. The first-order valence-electron chi connectivity index (χ1n) is 6.18. The molecule has 1 aromatic heterocycles. The van der Waals surface area contributed by atoms with Crippen molar-refractivity contribution in [2.75, 3.05) is 30.5 Å². The molecular formula is C13H24N4S. The summed E-state index contributed by atoms with van der Waals surface area (Å²) in [7, 11) is 2.08. The monoisotopic (exact) mass is 268 g/mol. The van der Waals surface area contributed by atoms with Crippen LogP contribution in [-0.4, -0.2) is 41.1 Å². The molecule has 0 saturated heterocycles. The van der Waals surface area contributed by atoms with Crippen molar-refractivity contribution in [2.24, 2.45) is 0 Å². The zero-order valence-corrected chi connectivity index (χ0v) is 12.8. The Kier molecular flexibility index (Phi) is 5.88. The van der Waals surface area contributed by atoms with Crippen LogP contribution in [-0.2, 0) is 6.54 Å². The summed E-state index contributed by atoms with van der Waals surface area (Å²) in [5.74, 6) is 2.13. The molecule has 0 aliphatic rings. The van der Waals surface area contributed by atoms with Gasteiger partial charge >= 0.3 is 0 Å². The van der Waals surface area contributed by atoms with Gasteiger partial charge in [-0.1, -0.05) is 0 Å². The third-order valence-electron chi connectivity index (χ3n) is 2.57. The lowest BCUT2D eigenvalue weighted by atomic mass is 10.1. The molecule has 1 rings (SSSR count). The molecule has 0 bridgehead atoms. The van der Waals surface area contributed by atoms with Gasteiger partial charge in [0.25, 0.3) is 0 Å². The van der Waals surface area contributed by atoms with Gasteiger partial charge in [0.05, 0.1) is 0 Å². The van der Waals surface area contributed by atoms with Crippen LogP contribution in [0.1, 0.15) is 26.3 Å². The average Bonchev–Trinajstić information content (AvgIpc) is 2.33. The zero-order chi connectivity index (χ0) is 13.6. The lowest BCUT2D eigenvalue weighted by Crippen LogP contribution is -2.36. The molecule has 0 fully saturated rings. The Hall–Kier alpha value is -0.810. The zero-order valence-electron chi connectivity index (χ0n) is 12.0. The maximum absolute atomic E-state index is 4.40. The van der Waals surface area contributed by atoms with E-state index in [1.807, 2.05) is 18.0 Å². The fourth-order valence-electron chi connectivity index (χ4n) is 1.51. The van der Waals surface area contributed by atoms with Gasteiger partial charge in [0, 0.05) is 43.2 Å². The van der Waals surface area contributed by atoms with E-state index in [-0.39, 0.29) is 5.54 Å². The Morgan fingerprint density at radius 2 is 2.11 bits per heavy atom. The Morgan fingerprint density at radius 1 is 1.39 bits per heavy atom. The van der Waals surface area contributed by atoms with Crippen LogP contribution in [0.4, 0.5) is 5.82 Å². The molecule has 0 aliphatic heterocycles. The summed E-state index contributed by atoms with van der Waals surface area (Å²) in [5, 5.41) is 3.48. The highest BCUT2D eigenvalue weighted by Crippen LogP contribution is 2.16. The number of thioether (sulfide) groups is 1. The van der Waals surface area contributed by atoms with Crippen LogP contribution in [0.5, 0.6) is 0 Å². The summed E-state index contributed by atoms with van der Waals surface area (Å²) < 4.78 is 0. The molecule has 0 radical (unpaired) electrons. The average molecular weight is 268 g/mol. The number of rotatable bonds is 6. The van der Waals surface area contributed by atoms with E-state index >= 15 is 0 Å². The van der Waals surface area contributed by atoms with Crippen LogP contribution in [0.25, 0.3) is 0 Å². The van der Waals surface area contributed by atoms with Gasteiger partial charge in [-0.2, -0.15) is 11.8 Å². The molecule has 1 heterocycles. The van der Waals surface area contributed by atoms with Gasteiger partial charge in [-0.3, -0.25) is 0 Å². The predicted octanol–water partition coefficient (Wildman–Crippen LogP) is 2.16. The number of hydrogen-bond donors (Lipinski definition) is 1. The third kappa shape index (κ3) is 5.23. The molecule has 0 aromatic carbocycles. The largest absolute Gasteiger partial charge is 0.358 e. The van der Waals surface area contributed by atoms with Crippen LogP contribution >= 0.6 is 11.8 Å². The fourth-order valence-corrected chi connectivity index (χ4v) is 1.97. The van der Waals surface area contributed by atoms with Crippen molar-refractivity contribution in [1.29, 1.82) is 0 Å². The number of aromatic nitrogens is 2. The molecule has 18 heavy (non-hydrogen) atoms. The lowest BCUT2D eigenvalue weighted by molar-refractivity contribution is 0.423. The van der Waals surface area contributed by atoms with Crippen LogP contribution in [0.3, 0.4) is 0 Å². The second kappa shape index (κ2) is 6.95. The van der Waals surface area contributed by atoms with Crippen molar-refractivity contribution < 1.29 is 0 Å². The maximum Gasteiger partial charge on any atom is 0.136 e. The van der Waals surface area contributed by atoms with Crippen molar-refractivity contribution in [3.05, 3.63) is 18.1 Å². The van der Waals surface area contributed by atoms with Gasteiger partial charge in [-0.25, -0.2) is 9.97 Å². The highest BCUT2D eigenvalue weighted by atomic mass is 32.2. The first-order valence-corrected chi connectivity index (χ1v) is 7.57. The Labute approximate surface area is 115 Å². The smallest absolute Gasteiger partial charge is 0.136 e. The van der Waals surface area contributed by atoms with Gasteiger partial charge in [0.15, 0.2) is 0 Å². The fraction of sp³-hybridized carbons (Fsp3) is 0.692. The molecule has 5 heteroatoms. The van der Waals surface area contributed by atoms with Crippen molar-refractivity contribution >= 4 is 17.6 Å². The van der Waals surface area contributed by atoms with Gasteiger partial charge in [0.2, 0.25) is 0 Å². The second-order valence-corrected chi connectivity index (χ2v) is 6.38. The first kappa shape index (κ1) is 15.2. The normalized spacial score (nSPS) is 11.6. The number of anilines is 1. The van der Waals surface area contributed by atoms with Crippen molar-refractivity contribution in [3.63, 3.8) is 0 Å². The summed E-state index contributed by atoms with van der Waals surface area (Å²) in [6.07, 6.45) is 5.64. The van der Waals surface area contributed by atoms with Crippen molar-refractivity contribution in [2.45, 2.75) is 32.9 Å². The number of nitrogens with zero attached hydrogens (tertiary/aromatic N) is 3. The molecule has 0 unspecified atom stereocenters. The summed E-state index contributed by atoms with van der Waals surface area (Å²) in [6.45, 7) is 8.28. The molecule has 0 saturated carbocycles. The molecule has 0 spiro atoms. The van der Waals surface area contributed by atoms with Crippen LogP contribution < -0.4 is 10.2 Å². The second-order valence-electron chi connectivity index (χ2n) is 5.39. The van der Waals surface area contributed by atoms with Gasteiger partial charge in [0.1, 0.15) is 12.1 Å². The van der Waals surface area contributed by atoms with E-state index in [4.69, 9.17) is 0 Å². The highest BCUT2D eigenvalue weighted by Gasteiger charge is 2.13. The van der Waals surface area contributed by atoms with E-state index < -0.39 is 0 Å². The van der Waals surface area contributed by atoms with Gasteiger partial charge in [-0.15, -0.1) is 0 Å². The Balaban J connectivity index is 2.72. The first-order chi connectivity index (χ1) is 8.44. The summed E-state index contributed by atoms with van der Waals surface area (Å²) >= 11 is 1.85. The van der Waals surface area contributed by atoms with E-state index in [9.17, 15) is 0 Å². The van der Waals surface area contributed by atoms with Crippen molar-refractivity contribution in [3.8, 4) is 0 Å². The molecule has 1 aromatic rings. The molecule has 102 valence electrons. The minimum atomic E-state index is 0.102. The molecule has 1 N–H and O–H groups in total. The molecule has 0 amide bonds. The number of hydrogen-bond acceptors (Lipinski definition) is 5. The van der Waals surface area contributed by atoms with E-state index in [1.54, 1.807) is 6.33 Å². The minimum absolute atomic E-state index is 0.102. The summed E-state index contributed by atoms with van der Waals surface area (Å²) in [4.78, 5) is 10.7. The molecule has 4 nitrogen and oxygen atoms in total. The third-order valence-corrected chi connectivity index (χ3v) is 3.16. The SMILES string of the molecule is CSCCN(C)c1ncncc1CNC(C)(C)C. The van der Waals surface area contributed by atoms with Crippen molar-refractivity contribution in [1.82, 2.24) is 15.3 Å². The highest BCUT2D eigenvalue weighted by molar-refractivity contribution is 7.98. The standard InChI is InChI=1S/C13H24N4S/c1-13(2,3)16-9-11-8-14-10-15-12(11)17(4)6-7-18-5/h8,10,16H,6-7,9H2,1-5H3. The minimum Gasteiger partial charge on any atom is -0.358 e. The summed E-state index contributed by atoms with van der Waals surface area (Å²) in [5.41, 5.74) is 1.25. The van der Waals surface area contributed by atoms with E-state index in [0.717, 1.165) is 30.2 Å². The molecule has 0 aliphatic carbocycles. The quantitative estimate of drug-likeness (QED) is 0.856.